The van der Waals surface area contributed by atoms with E-state index in [1.54, 1.807) is 33.2 Å². The lowest BCUT2D eigenvalue weighted by Crippen LogP contribution is -2.43. The fourth-order valence-corrected chi connectivity index (χ4v) is 2.54. The molecule has 0 bridgehead atoms. The van der Waals surface area contributed by atoms with Gasteiger partial charge in [0.25, 0.3) is 10.1 Å². The summed E-state index contributed by atoms with van der Waals surface area (Å²) in [5.74, 6) is -0.304. The van der Waals surface area contributed by atoms with Crippen LogP contribution in [0.4, 0.5) is 0 Å². The minimum Gasteiger partial charge on any atom is -0.387 e. The van der Waals surface area contributed by atoms with Gasteiger partial charge in [-0.2, -0.15) is 8.42 Å². The highest BCUT2D eigenvalue weighted by atomic mass is 32.2. The fraction of sp³-hybridized carbons (Fsp3) is 0.600. The molecule has 0 saturated heterocycles. The van der Waals surface area contributed by atoms with Crippen LogP contribution < -0.4 is 10.6 Å². The minimum atomic E-state index is -4.14. The summed E-state index contributed by atoms with van der Waals surface area (Å²) in [5.41, 5.74) is 1.50. The third-order valence-electron chi connectivity index (χ3n) is 3.14. The van der Waals surface area contributed by atoms with Gasteiger partial charge in [0.2, 0.25) is 0 Å². The fourth-order valence-electron chi connectivity index (χ4n) is 1.74. The Labute approximate surface area is 96.4 Å². The van der Waals surface area contributed by atoms with Crippen molar-refractivity contribution >= 4 is 10.1 Å². The molecule has 16 heavy (non-hydrogen) atoms. The van der Waals surface area contributed by atoms with E-state index in [9.17, 15) is 13.0 Å². The highest BCUT2D eigenvalue weighted by Gasteiger charge is 2.43. The van der Waals surface area contributed by atoms with E-state index in [-0.39, 0.29) is 5.92 Å². The van der Waals surface area contributed by atoms with E-state index in [2.05, 4.69) is 10.6 Å². The molecule has 2 atom stereocenters. The zero-order valence-corrected chi connectivity index (χ0v) is 10.7. The molecule has 0 fully saturated rings. The molecule has 0 amide bonds. The standard InChI is InChI=1S/C10H18N2O3S/c1-7-5-8(11-3)9(12-4)6-10(7,2)16(13,14)15/h5-7,11-12H,1-4H3,(H,13,14,15). The smallest absolute Gasteiger partial charge is 0.274 e. The van der Waals surface area contributed by atoms with Gasteiger partial charge in [0, 0.05) is 20.0 Å². The van der Waals surface area contributed by atoms with Crippen molar-refractivity contribution in [2.75, 3.05) is 14.1 Å². The Morgan fingerprint density at radius 3 is 2.19 bits per heavy atom. The average molecular weight is 246 g/mol. The number of hydrogen-bond acceptors (Lipinski definition) is 4. The van der Waals surface area contributed by atoms with E-state index in [0.717, 1.165) is 5.70 Å². The van der Waals surface area contributed by atoms with Crippen LogP contribution in [0.5, 0.6) is 0 Å². The first kappa shape index (κ1) is 13.1. The number of allylic oxidation sites excluding steroid dienone is 1. The van der Waals surface area contributed by atoms with Crippen molar-refractivity contribution in [2.24, 2.45) is 5.92 Å². The largest absolute Gasteiger partial charge is 0.387 e. The molecule has 0 radical (unpaired) electrons. The van der Waals surface area contributed by atoms with Crippen LogP contribution in [0.3, 0.4) is 0 Å². The molecule has 5 nitrogen and oxygen atoms in total. The molecule has 1 rings (SSSR count). The number of nitrogens with one attached hydrogen (secondary N) is 2. The third-order valence-corrected chi connectivity index (χ3v) is 4.74. The summed E-state index contributed by atoms with van der Waals surface area (Å²) in [7, 11) is -0.669. The van der Waals surface area contributed by atoms with Gasteiger partial charge in [0.15, 0.2) is 0 Å². The molecule has 92 valence electrons. The van der Waals surface area contributed by atoms with Crippen molar-refractivity contribution in [3.63, 3.8) is 0 Å². The molecule has 1 aliphatic rings. The van der Waals surface area contributed by atoms with Crippen molar-refractivity contribution in [1.29, 1.82) is 0 Å². The number of hydrogen-bond donors (Lipinski definition) is 3. The molecule has 0 aliphatic heterocycles. The summed E-state index contributed by atoms with van der Waals surface area (Å²) in [6.07, 6.45) is 3.33. The first-order chi connectivity index (χ1) is 7.26. The Balaban J connectivity index is 3.30. The molecule has 0 aromatic carbocycles. The van der Waals surface area contributed by atoms with E-state index < -0.39 is 14.9 Å². The van der Waals surface area contributed by atoms with Gasteiger partial charge in [0.1, 0.15) is 4.75 Å². The molecule has 0 heterocycles. The van der Waals surface area contributed by atoms with Crippen LogP contribution in [-0.2, 0) is 10.1 Å². The lowest BCUT2D eigenvalue weighted by Gasteiger charge is -2.33. The first-order valence-corrected chi connectivity index (χ1v) is 6.48. The first-order valence-electron chi connectivity index (χ1n) is 5.04. The summed E-state index contributed by atoms with van der Waals surface area (Å²) in [6, 6.07) is 0. The molecular weight excluding hydrogens is 228 g/mol. The third kappa shape index (κ3) is 1.94. The second-order valence-electron chi connectivity index (χ2n) is 4.09. The normalized spacial score (nSPS) is 30.4. The van der Waals surface area contributed by atoms with Crippen LogP contribution in [0, 0.1) is 5.92 Å². The van der Waals surface area contributed by atoms with E-state index in [1.807, 2.05) is 0 Å². The maximum Gasteiger partial charge on any atom is 0.274 e. The van der Waals surface area contributed by atoms with Crippen LogP contribution in [0.15, 0.2) is 23.5 Å². The molecule has 0 saturated carbocycles. The Bertz CT molecular complexity index is 439. The Morgan fingerprint density at radius 1 is 1.31 bits per heavy atom. The number of rotatable bonds is 3. The molecule has 3 N–H and O–H groups in total. The second kappa shape index (κ2) is 4.10. The Morgan fingerprint density at radius 2 is 1.81 bits per heavy atom. The number of likely N-dealkylation sites (N-methyl/N-ethyl adjacent to an activating group) is 2. The van der Waals surface area contributed by atoms with Crippen molar-refractivity contribution in [3.05, 3.63) is 23.5 Å². The van der Waals surface area contributed by atoms with Gasteiger partial charge in [-0.3, -0.25) is 4.55 Å². The van der Waals surface area contributed by atoms with E-state index in [1.165, 1.54) is 6.92 Å². The van der Waals surface area contributed by atoms with Gasteiger partial charge < -0.3 is 10.6 Å². The van der Waals surface area contributed by atoms with Crippen LogP contribution in [0.25, 0.3) is 0 Å². The van der Waals surface area contributed by atoms with Crippen molar-refractivity contribution < 1.29 is 13.0 Å². The average Bonchev–Trinajstić information content (AvgIpc) is 2.19. The van der Waals surface area contributed by atoms with Gasteiger partial charge in [-0.25, -0.2) is 0 Å². The predicted octanol–water partition coefficient (Wildman–Crippen LogP) is 0.489. The van der Waals surface area contributed by atoms with Gasteiger partial charge in [-0.1, -0.05) is 13.0 Å². The van der Waals surface area contributed by atoms with Gasteiger partial charge in [-0.05, 0) is 13.0 Å². The maximum absolute atomic E-state index is 11.4. The molecule has 0 spiro atoms. The highest BCUT2D eigenvalue weighted by Crippen LogP contribution is 2.34. The lowest BCUT2D eigenvalue weighted by atomic mass is 9.88. The Hall–Kier alpha value is -1.01. The van der Waals surface area contributed by atoms with Crippen molar-refractivity contribution in [3.8, 4) is 0 Å². The van der Waals surface area contributed by atoms with Crippen molar-refractivity contribution in [1.82, 2.24) is 10.6 Å². The van der Waals surface area contributed by atoms with Crippen LogP contribution >= 0.6 is 0 Å². The van der Waals surface area contributed by atoms with Gasteiger partial charge in [-0.15, -0.1) is 0 Å². The zero-order valence-electron chi connectivity index (χ0n) is 9.90. The predicted molar refractivity (Wildman–Crippen MR) is 63.4 cm³/mol. The quantitative estimate of drug-likeness (QED) is 0.632. The van der Waals surface area contributed by atoms with E-state index in [4.69, 9.17) is 0 Å². The van der Waals surface area contributed by atoms with Crippen LogP contribution in [0.2, 0.25) is 0 Å². The minimum absolute atomic E-state index is 0.304. The summed E-state index contributed by atoms with van der Waals surface area (Å²) in [4.78, 5) is 0. The van der Waals surface area contributed by atoms with E-state index in [0.29, 0.717) is 5.70 Å². The topological polar surface area (TPSA) is 78.4 Å². The van der Waals surface area contributed by atoms with Crippen LogP contribution in [0.1, 0.15) is 13.8 Å². The Kier molecular flexibility index (Phi) is 3.35. The molecule has 6 heteroatoms. The highest BCUT2D eigenvalue weighted by molar-refractivity contribution is 7.87. The molecule has 2 unspecified atom stereocenters. The molecular formula is C10H18N2O3S. The van der Waals surface area contributed by atoms with Crippen molar-refractivity contribution in [2.45, 2.75) is 18.6 Å². The molecule has 0 aromatic rings. The maximum atomic E-state index is 11.4. The zero-order chi connectivity index (χ0) is 12.6. The lowest BCUT2D eigenvalue weighted by molar-refractivity contribution is 0.423. The summed E-state index contributed by atoms with van der Waals surface area (Å²) < 4.78 is 30.8. The summed E-state index contributed by atoms with van der Waals surface area (Å²) in [5, 5.41) is 5.89. The molecule has 0 aromatic heterocycles. The SMILES string of the molecule is CNC1=CC(C)C(C)(S(=O)(=O)O)C=C1NC. The van der Waals surface area contributed by atoms with Gasteiger partial charge >= 0.3 is 0 Å². The van der Waals surface area contributed by atoms with E-state index >= 15 is 0 Å². The monoisotopic (exact) mass is 246 g/mol. The molecule has 1 aliphatic carbocycles. The second-order valence-corrected chi connectivity index (χ2v) is 5.92. The summed E-state index contributed by atoms with van der Waals surface area (Å²) in [6.45, 7) is 3.27. The summed E-state index contributed by atoms with van der Waals surface area (Å²) >= 11 is 0. The van der Waals surface area contributed by atoms with Crippen LogP contribution in [-0.4, -0.2) is 31.8 Å². The van der Waals surface area contributed by atoms with Gasteiger partial charge in [0.05, 0.1) is 11.4 Å².